The minimum absolute atomic E-state index is 0.160. The second-order valence-corrected chi connectivity index (χ2v) is 11.3. The topological polar surface area (TPSA) is 146 Å². The van der Waals surface area contributed by atoms with Gasteiger partial charge in [-0.1, -0.05) is 6.07 Å². The number of carbonyl (C=O) groups excluding carboxylic acids is 1. The summed E-state index contributed by atoms with van der Waals surface area (Å²) in [5.74, 6) is 1.63. The molecule has 12 heteroatoms. The number of anilines is 4. The first kappa shape index (κ1) is 28.7. The Morgan fingerprint density at radius 3 is 2.45 bits per heavy atom. The molecule has 0 aliphatic carbocycles. The molecule has 0 saturated heterocycles. The first-order valence-corrected chi connectivity index (χ1v) is 13.6. The molecule has 0 radical (unpaired) electrons. The Kier molecular flexibility index (Phi) is 9.48. The van der Waals surface area contributed by atoms with Crippen molar-refractivity contribution in [1.29, 1.82) is 0 Å². The number of nitrogens with zero attached hydrogens (tertiary/aromatic N) is 2. The number of aryl methyl sites for hydroxylation is 1. The van der Waals surface area contributed by atoms with Gasteiger partial charge in [0.25, 0.3) is 0 Å². The van der Waals surface area contributed by atoms with Crippen molar-refractivity contribution >= 4 is 39.2 Å². The van der Waals surface area contributed by atoms with Crippen LogP contribution in [0.25, 0.3) is 0 Å². The number of sulfonamides is 1. The zero-order valence-corrected chi connectivity index (χ0v) is 23.1. The summed E-state index contributed by atoms with van der Waals surface area (Å²) in [6, 6.07) is 13.7. The quantitative estimate of drug-likeness (QED) is 0.229. The molecule has 0 atom stereocenters. The summed E-state index contributed by atoms with van der Waals surface area (Å²) in [4.78, 5) is 20.2. The van der Waals surface area contributed by atoms with Crippen LogP contribution in [0.2, 0.25) is 0 Å². The summed E-state index contributed by atoms with van der Waals surface area (Å²) in [7, 11) is -2.10. The third-order valence-corrected chi connectivity index (χ3v) is 6.79. The van der Waals surface area contributed by atoms with Crippen molar-refractivity contribution in [2.24, 2.45) is 0 Å². The van der Waals surface area contributed by atoms with E-state index < -0.39 is 15.6 Å². The lowest BCUT2D eigenvalue weighted by atomic mass is 10.1. The Morgan fingerprint density at radius 2 is 1.76 bits per heavy atom. The molecule has 1 heterocycles. The van der Waals surface area contributed by atoms with Crippen molar-refractivity contribution in [3.8, 4) is 5.75 Å². The maximum absolute atomic E-state index is 12.7. The molecule has 11 nitrogen and oxygen atoms in total. The van der Waals surface area contributed by atoms with Crippen molar-refractivity contribution in [2.75, 3.05) is 30.8 Å². The molecule has 1 aromatic heterocycles. The van der Waals surface area contributed by atoms with E-state index in [1.165, 1.54) is 0 Å². The van der Waals surface area contributed by atoms with Crippen molar-refractivity contribution < 1.29 is 17.9 Å². The molecule has 0 saturated carbocycles. The fourth-order valence-corrected chi connectivity index (χ4v) is 4.75. The Morgan fingerprint density at radius 1 is 1.03 bits per heavy atom. The minimum Gasteiger partial charge on any atom is -0.494 e. The molecule has 0 aliphatic heterocycles. The van der Waals surface area contributed by atoms with E-state index >= 15 is 0 Å². The van der Waals surface area contributed by atoms with Crippen molar-refractivity contribution in [2.45, 2.75) is 44.6 Å². The number of hydrogen-bond acceptors (Lipinski definition) is 8. The Bertz CT molecular complexity index is 1340. The van der Waals surface area contributed by atoms with Gasteiger partial charge >= 0.3 is 6.03 Å². The third-order valence-electron chi connectivity index (χ3n) is 5.03. The Labute approximate surface area is 223 Å². The molecule has 0 aliphatic rings. The Balaban J connectivity index is 1.62. The largest absolute Gasteiger partial charge is 0.494 e. The molecule has 3 rings (SSSR count). The van der Waals surface area contributed by atoms with E-state index in [9.17, 15) is 13.2 Å². The average Bonchev–Trinajstić information content (AvgIpc) is 2.85. The molecular weight excluding hydrogens is 506 g/mol. The van der Waals surface area contributed by atoms with Gasteiger partial charge in [-0.05, 0) is 76.6 Å². The van der Waals surface area contributed by atoms with Crippen LogP contribution >= 0.6 is 0 Å². The molecule has 0 unspecified atom stereocenters. The molecule has 5 N–H and O–H groups in total. The maximum Gasteiger partial charge on any atom is 0.314 e. The number of nitrogens with one attached hydrogen (secondary N) is 5. The number of benzene rings is 2. The standard InChI is InChI=1S/C26H35N7O4S/c1-18-17-29-24(31-19-10-12-21(13-11-19)37-15-7-14-28-25(34)27-5)32-23(18)30-20-8-6-9-22(16-20)38(35,36)33-26(2,3)4/h6,8-13,16-17,33H,7,14-15H2,1-5H3,(H2,27,28,34)(H2,29,30,31,32). The van der Waals surface area contributed by atoms with Gasteiger partial charge in [0, 0.05) is 42.3 Å². The number of ether oxygens (including phenoxy) is 1. The predicted molar refractivity (Wildman–Crippen MR) is 149 cm³/mol. The van der Waals surface area contributed by atoms with E-state index in [1.807, 2.05) is 31.2 Å². The van der Waals surface area contributed by atoms with Crippen molar-refractivity contribution in [3.05, 3.63) is 60.3 Å². The van der Waals surface area contributed by atoms with Crippen LogP contribution in [0.15, 0.2) is 59.6 Å². The van der Waals surface area contributed by atoms with Gasteiger partial charge in [-0.3, -0.25) is 0 Å². The summed E-state index contributed by atoms with van der Waals surface area (Å²) in [5.41, 5.74) is 1.56. The van der Waals surface area contributed by atoms with E-state index in [1.54, 1.807) is 58.3 Å². The van der Waals surface area contributed by atoms with E-state index in [-0.39, 0.29) is 10.9 Å². The highest BCUT2D eigenvalue weighted by molar-refractivity contribution is 7.89. The number of hydrogen-bond donors (Lipinski definition) is 5. The highest BCUT2D eigenvalue weighted by atomic mass is 32.2. The molecule has 204 valence electrons. The summed E-state index contributed by atoms with van der Waals surface area (Å²) in [6.45, 7) is 8.24. The molecule has 0 bridgehead atoms. The maximum atomic E-state index is 12.7. The zero-order valence-electron chi connectivity index (χ0n) is 22.3. The SMILES string of the molecule is CNC(=O)NCCCOc1ccc(Nc2ncc(C)c(Nc3cccc(S(=O)(=O)NC(C)(C)C)c3)n2)cc1. The first-order valence-electron chi connectivity index (χ1n) is 12.2. The van der Waals surface area contributed by atoms with Crippen LogP contribution in [0.1, 0.15) is 32.8 Å². The smallest absolute Gasteiger partial charge is 0.314 e. The summed E-state index contributed by atoms with van der Waals surface area (Å²) in [5, 5.41) is 11.6. The van der Waals surface area contributed by atoms with Gasteiger partial charge < -0.3 is 26.0 Å². The van der Waals surface area contributed by atoms with Gasteiger partial charge in [0.2, 0.25) is 16.0 Å². The minimum atomic E-state index is -3.67. The van der Waals surface area contributed by atoms with E-state index in [0.29, 0.717) is 42.8 Å². The average molecular weight is 542 g/mol. The monoisotopic (exact) mass is 541 g/mol. The first-order chi connectivity index (χ1) is 17.9. The van der Waals surface area contributed by atoms with Gasteiger partial charge in [0.1, 0.15) is 11.6 Å². The van der Waals surface area contributed by atoms with Crippen LogP contribution in [0, 0.1) is 6.92 Å². The molecule has 2 aromatic carbocycles. The summed E-state index contributed by atoms with van der Waals surface area (Å²) >= 11 is 0. The molecule has 0 fully saturated rings. The highest BCUT2D eigenvalue weighted by Gasteiger charge is 2.22. The number of amides is 2. The fraction of sp³-hybridized carbons (Fsp3) is 0.346. The van der Waals surface area contributed by atoms with Gasteiger partial charge in [0.05, 0.1) is 11.5 Å². The van der Waals surface area contributed by atoms with Gasteiger partial charge in [-0.2, -0.15) is 4.98 Å². The summed E-state index contributed by atoms with van der Waals surface area (Å²) < 4.78 is 33.8. The molecule has 38 heavy (non-hydrogen) atoms. The normalized spacial score (nSPS) is 11.5. The highest BCUT2D eigenvalue weighted by Crippen LogP contribution is 2.24. The van der Waals surface area contributed by atoms with Gasteiger partial charge in [-0.25, -0.2) is 22.9 Å². The van der Waals surface area contributed by atoms with Crippen LogP contribution in [0.5, 0.6) is 5.75 Å². The number of aromatic nitrogens is 2. The molecule has 0 spiro atoms. The van der Waals surface area contributed by atoms with E-state index in [4.69, 9.17) is 4.74 Å². The molecule has 2 amide bonds. The Hall–Kier alpha value is -3.90. The fourth-order valence-electron chi connectivity index (χ4n) is 3.28. The lowest BCUT2D eigenvalue weighted by Crippen LogP contribution is -2.40. The lowest BCUT2D eigenvalue weighted by molar-refractivity contribution is 0.241. The molecule has 3 aromatic rings. The number of rotatable bonds is 11. The van der Waals surface area contributed by atoms with Crippen molar-refractivity contribution in [1.82, 2.24) is 25.3 Å². The van der Waals surface area contributed by atoms with Crippen LogP contribution < -0.4 is 30.7 Å². The second-order valence-electron chi connectivity index (χ2n) is 9.59. The van der Waals surface area contributed by atoms with E-state index in [2.05, 4.69) is 36.0 Å². The van der Waals surface area contributed by atoms with Crippen molar-refractivity contribution in [3.63, 3.8) is 0 Å². The zero-order chi connectivity index (χ0) is 27.8. The second kappa shape index (κ2) is 12.6. The van der Waals surface area contributed by atoms with Crippen LogP contribution in [0.4, 0.5) is 27.9 Å². The van der Waals surface area contributed by atoms with Crippen LogP contribution in [-0.2, 0) is 10.0 Å². The van der Waals surface area contributed by atoms with Crippen LogP contribution in [0.3, 0.4) is 0 Å². The number of carbonyl (C=O) groups is 1. The lowest BCUT2D eigenvalue weighted by Gasteiger charge is -2.20. The molecular formula is C26H35N7O4S. The van der Waals surface area contributed by atoms with Gasteiger partial charge in [-0.15, -0.1) is 0 Å². The van der Waals surface area contributed by atoms with Crippen LogP contribution in [-0.4, -0.2) is 50.2 Å². The van der Waals surface area contributed by atoms with Gasteiger partial charge in [0.15, 0.2) is 0 Å². The third kappa shape index (κ3) is 8.89. The number of urea groups is 1. The summed E-state index contributed by atoms with van der Waals surface area (Å²) in [6.07, 6.45) is 2.37. The predicted octanol–water partition coefficient (Wildman–Crippen LogP) is 4.05. The van der Waals surface area contributed by atoms with E-state index in [0.717, 1.165) is 11.3 Å².